The van der Waals surface area contributed by atoms with Crippen molar-refractivity contribution in [2.45, 2.75) is 44.7 Å². The van der Waals surface area contributed by atoms with Gasteiger partial charge in [-0.1, -0.05) is 18.9 Å². The SMILES string of the molecule is CC(c1c(O)cccc1O)N1CCCCCC1C(=O)O. The lowest BCUT2D eigenvalue weighted by molar-refractivity contribution is -0.144. The number of hydrogen-bond acceptors (Lipinski definition) is 4. The van der Waals surface area contributed by atoms with Crippen molar-refractivity contribution in [3.8, 4) is 11.5 Å². The summed E-state index contributed by atoms with van der Waals surface area (Å²) in [7, 11) is 0. The smallest absolute Gasteiger partial charge is 0.320 e. The van der Waals surface area contributed by atoms with Crippen molar-refractivity contribution in [1.82, 2.24) is 4.90 Å². The molecule has 2 rings (SSSR count). The number of hydrogen-bond donors (Lipinski definition) is 3. The molecule has 1 aromatic carbocycles. The number of carboxylic acids is 1. The first-order valence-corrected chi connectivity index (χ1v) is 7.01. The van der Waals surface area contributed by atoms with Crippen LogP contribution < -0.4 is 0 Å². The van der Waals surface area contributed by atoms with E-state index in [9.17, 15) is 20.1 Å². The highest BCUT2D eigenvalue weighted by molar-refractivity contribution is 5.73. The Bertz CT molecular complexity index is 469. The normalized spacial score (nSPS) is 22.1. The van der Waals surface area contributed by atoms with Crippen molar-refractivity contribution in [3.05, 3.63) is 23.8 Å². The molecule has 3 N–H and O–H groups in total. The summed E-state index contributed by atoms with van der Waals surface area (Å²) in [6.45, 7) is 2.49. The Morgan fingerprint density at radius 3 is 2.50 bits per heavy atom. The number of phenolic OH excluding ortho intramolecular Hbond substituents is 2. The molecule has 5 nitrogen and oxygen atoms in total. The molecule has 0 saturated carbocycles. The van der Waals surface area contributed by atoms with E-state index in [2.05, 4.69) is 0 Å². The molecule has 110 valence electrons. The second kappa shape index (κ2) is 6.13. The van der Waals surface area contributed by atoms with E-state index in [1.54, 1.807) is 6.07 Å². The van der Waals surface area contributed by atoms with Crippen LogP contribution in [-0.4, -0.2) is 38.8 Å². The molecule has 0 bridgehead atoms. The second-order valence-corrected chi connectivity index (χ2v) is 5.33. The first-order valence-electron chi connectivity index (χ1n) is 7.01. The van der Waals surface area contributed by atoms with Gasteiger partial charge in [-0.2, -0.15) is 0 Å². The third-order valence-corrected chi connectivity index (χ3v) is 4.05. The molecular formula is C15H21NO4. The van der Waals surface area contributed by atoms with Gasteiger partial charge in [0.2, 0.25) is 0 Å². The van der Waals surface area contributed by atoms with Crippen LogP contribution >= 0.6 is 0 Å². The van der Waals surface area contributed by atoms with E-state index in [1.165, 1.54) is 12.1 Å². The maximum Gasteiger partial charge on any atom is 0.320 e. The summed E-state index contributed by atoms with van der Waals surface area (Å²) in [6, 6.07) is 3.69. The number of aliphatic carboxylic acids is 1. The number of aromatic hydroxyl groups is 2. The monoisotopic (exact) mass is 279 g/mol. The van der Waals surface area contributed by atoms with Crippen molar-refractivity contribution < 1.29 is 20.1 Å². The van der Waals surface area contributed by atoms with Crippen molar-refractivity contribution >= 4 is 5.97 Å². The van der Waals surface area contributed by atoms with Gasteiger partial charge in [0.05, 0.1) is 5.56 Å². The molecule has 20 heavy (non-hydrogen) atoms. The molecule has 0 aromatic heterocycles. The van der Waals surface area contributed by atoms with Crippen LogP contribution in [0.15, 0.2) is 18.2 Å². The number of carbonyl (C=O) groups is 1. The van der Waals surface area contributed by atoms with Gasteiger partial charge >= 0.3 is 5.97 Å². The van der Waals surface area contributed by atoms with Gasteiger partial charge in [0.25, 0.3) is 0 Å². The number of nitrogens with zero attached hydrogens (tertiary/aromatic N) is 1. The van der Waals surface area contributed by atoms with Gasteiger partial charge in [-0.3, -0.25) is 9.69 Å². The zero-order valence-corrected chi connectivity index (χ0v) is 11.6. The van der Waals surface area contributed by atoms with Crippen LogP contribution in [0.4, 0.5) is 0 Å². The fourth-order valence-electron chi connectivity index (χ4n) is 2.99. The van der Waals surface area contributed by atoms with Crippen LogP contribution in [0.5, 0.6) is 11.5 Å². The summed E-state index contributed by atoms with van der Waals surface area (Å²) in [4.78, 5) is 13.3. The van der Waals surface area contributed by atoms with Crippen molar-refractivity contribution in [3.63, 3.8) is 0 Å². The van der Waals surface area contributed by atoms with E-state index in [4.69, 9.17) is 0 Å². The Morgan fingerprint density at radius 1 is 1.25 bits per heavy atom. The van der Waals surface area contributed by atoms with Gasteiger partial charge in [0, 0.05) is 6.04 Å². The molecule has 1 aromatic rings. The molecule has 0 spiro atoms. The van der Waals surface area contributed by atoms with E-state index < -0.39 is 12.0 Å². The maximum absolute atomic E-state index is 11.5. The quantitative estimate of drug-likeness (QED) is 0.792. The van der Waals surface area contributed by atoms with E-state index in [-0.39, 0.29) is 17.5 Å². The van der Waals surface area contributed by atoms with Gasteiger partial charge in [-0.15, -0.1) is 0 Å². The molecule has 1 aliphatic heterocycles. The number of likely N-dealkylation sites (tertiary alicyclic amines) is 1. The minimum atomic E-state index is -0.839. The van der Waals surface area contributed by atoms with E-state index in [1.807, 2.05) is 11.8 Å². The van der Waals surface area contributed by atoms with Gasteiger partial charge in [0.1, 0.15) is 17.5 Å². The van der Waals surface area contributed by atoms with Gasteiger partial charge in [0.15, 0.2) is 0 Å². The Balaban J connectivity index is 2.33. The molecule has 0 aliphatic carbocycles. The molecular weight excluding hydrogens is 258 g/mol. The summed E-state index contributed by atoms with van der Waals surface area (Å²) < 4.78 is 0. The number of benzene rings is 1. The van der Waals surface area contributed by atoms with E-state index in [0.29, 0.717) is 18.5 Å². The van der Waals surface area contributed by atoms with Crippen LogP contribution in [0.25, 0.3) is 0 Å². The lowest BCUT2D eigenvalue weighted by Crippen LogP contribution is -2.42. The van der Waals surface area contributed by atoms with Crippen molar-refractivity contribution in [2.75, 3.05) is 6.54 Å². The maximum atomic E-state index is 11.5. The fraction of sp³-hybridized carbons (Fsp3) is 0.533. The highest BCUT2D eigenvalue weighted by Crippen LogP contribution is 2.37. The van der Waals surface area contributed by atoms with Crippen LogP contribution in [0.1, 0.15) is 44.2 Å². The first-order chi connectivity index (χ1) is 9.52. The Labute approximate surface area is 118 Å². The van der Waals surface area contributed by atoms with Crippen molar-refractivity contribution in [1.29, 1.82) is 0 Å². The average Bonchev–Trinajstić information content (AvgIpc) is 2.63. The van der Waals surface area contributed by atoms with Crippen molar-refractivity contribution in [2.24, 2.45) is 0 Å². The Morgan fingerprint density at radius 2 is 1.90 bits per heavy atom. The minimum absolute atomic E-state index is 0.00545. The standard InChI is InChI=1S/C15H21NO4/c1-10(14-12(17)7-5-8-13(14)18)16-9-4-2-3-6-11(16)15(19)20/h5,7-8,10-11,17-18H,2-4,6,9H2,1H3,(H,19,20). The predicted molar refractivity (Wildman–Crippen MR) is 74.8 cm³/mol. The summed E-state index contributed by atoms with van der Waals surface area (Å²) in [5.41, 5.74) is 0.403. The second-order valence-electron chi connectivity index (χ2n) is 5.33. The molecule has 0 amide bonds. The minimum Gasteiger partial charge on any atom is -0.507 e. The Kier molecular flexibility index (Phi) is 4.49. The number of carboxylic acid groups (broad SMARTS) is 1. The van der Waals surface area contributed by atoms with Gasteiger partial charge < -0.3 is 15.3 Å². The van der Waals surface area contributed by atoms with Crippen LogP contribution in [0.2, 0.25) is 0 Å². The van der Waals surface area contributed by atoms with E-state index in [0.717, 1.165) is 19.3 Å². The van der Waals surface area contributed by atoms with E-state index >= 15 is 0 Å². The van der Waals surface area contributed by atoms with Crippen LogP contribution in [-0.2, 0) is 4.79 Å². The Hall–Kier alpha value is -1.75. The molecule has 1 aliphatic rings. The molecule has 1 heterocycles. The van der Waals surface area contributed by atoms with Gasteiger partial charge in [-0.25, -0.2) is 0 Å². The molecule has 5 heteroatoms. The lowest BCUT2D eigenvalue weighted by Gasteiger charge is -2.33. The number of rotatable bonds is 3. The first kappa shape index (κ1) is 14.7. The van der Waals surface area contributed by atoms with Gasteiger partial charge in [-0.05, 0) is 38.4 Å². The van der Waals surface area contributed by atoms with Crippen LogP contribution in [0, 0.1) is 0 Å². The zero-order chi connectivity index (χ0) is 14.7. The highest BCUT2D eigenvalue weighted by atomic mass is 16.4. The lowest BCUT2D eigenvalue weighted by atomic mass is 10.0. The number of phenols is 2. The van der Waals surface area contributed by atoms with Crippen LogP contribution in [0.3, 0.4) is 0 Å². The third-order valence-electron chi connectivity index (χ3n) is 4.05. The molecule has 2 unspecified atom stereocenters. The predicted octanol–water partition coefficient (Wildman–Crippen LogP) is 2.49. The highest BCUT2D eigenvalue weighted by Gasteiger charge is 2.33. The molecule has 0 radical (unpaired) electrons. The summed E-state index contributed by atoms with van der Waals surface area (Å²) >= 11 is 0. The molecule has 2 atom stereocenters. The summed E-state index contributed by atoms with van der Waals surface area (Å²) in [5, 5.41) is 29.3. The molecule has 1 saturated heterocycles. The average molecular weight is 279 g/mol. The third kappa shape index (κ3) is 2.88. The largest absolute Gasteiger partial charge is 0.507 e. The molecule has 1 fully saturated rings. The zero-order valence-electron chi connectivity index (χ0n) is 11.6. The fourth-order valence-corrected chi connectivity index (χ4v) is 2.99. The topological polar surface area (TPSA) is 81.0 Å². The summed E-state index contributed by atoms with van der Waals surface area (Å²) in [5.74, 6) is -0.828. The summed E-state index contributed by atoms with van der Waals surface area (Å²) in [6.07, 6.45) is 3.45.